The normalized spacial score (nSPS) is 10.8. The number of rotatable bonds is 4. The minimum atomic E-state index is -0.346. The van der Waals surface area contributed by atoms with Crippen molar-refractivity contribution < 1.29 is 9.18 Å². The molecule has 4 aromatic rings. The van der Waals surface area contributed by atoms with Crippen LogP contribution in [-0.4, -0.2) is 15.9 Å². The second kappa shape index (κ2) is 7.86. The van der Waals surface area contributed by atoms with E-state index in [1.165, 1.54) is 6.07 Å². The Bertz CT molecular complexity index is 1170. The second-order valence-electron chi connectivity index (χ2n) is 6.23. The first-order valence-corrected chi connectivity index (χ1v) is 9.43. The maximum absolute atomic E-state index is 13.9. The lowest BCUT2D eigenvalue weighted by atomic mass is 10.0. The quantitative estimate of drug-likeness (QED) is 0.483. The summed E-state index contributed by atoms with van der Waals surface area (Å²) < 4.78 is 14.7. The van der Waals surface area contributed by atoms with Crippen molar-refractivity contribution in [2.75, 3.05) is 0 Å². The second-order valence-corrected chi connectivity index (χ2v) is 7.15. The number of carbonyl (C=O) groups is 1. The Morgan fingerprint density at radius 1 is 1.07 bits per heavy atom. The van der Waals surface area contributed by atoms with Crippen LogP contribution in [0.25, 0.3) is 22.2 Å². The van der Waals surface area contributed by atoms with Crippen molar-refractivity contribution in [2.45, 2.75) is 6.54 Å². The van der Waals surface area contributed by atoms with E-state index in [9.17, 15) is 9.18 Å². The van der Waals surface area contributed by atoms with Gasteiger partial charge in [-0.25, -0.2) is 9.37 Å². The Morgan fingerprint density at radius 2 is 1.93 bits per heavy atom. The average molecular weight is 436 g/mol. The Balaban J connectivity index is 1.74. The zero-order chi connectivity index (χ0) is 19.5. The molecule has 0 bridgehead atoms. The summed E-state index contributed by atoms with van der Waals surface area (Å²) in [6, 6.07) is 17.4. The molecule has 28 heavy (non-hydrogen) atoms. The largest absolute Gasteiger partial charge is 0.348 e. The number of carbonyl (C=O) groups excluding carboxylic acids is 1. The molecule has 0 unspecified atom stereocenters. The van der Waals surface area contributed by atoms with Crippen molar-refractivity contribution in [3.8, 4) is 11.3 Å². The molecule has 2 aromatic carbocycles. The van der Waals surface area contributed by atoms with Crippen LogP contribution in [-0.2, 0) is 6.54 Å². The van der Waals surface area contributed by atoms with E-state index >= 15 is 0 Å². The minimum Gasteiger partial charge on any atom is -0.348 e. The lowest BCUT2D eigenvalue weighted by Crippen LogP contribution is -2.23. The molecule has 2 heterocycles. The average Bonchev–Trinajstić information content (AvgIpc) is 2.73. The molecule has 0 aliphatic rings. The van der Waals surface area contributed by atoms with Crippen molar-refractivity contribution in [3.05, 3.63) is 94.5 Å². The van der Waals surface area contributed by atoms with Gasteiger partial charge in [-0.15, -0.1) is 0 Å². The lowest BCUT2D eigenvalue weighted by molar-refractivity contribution is 0.0952. The molecule has 0 saturated carbocycles. The molecule has 0 saturated heterocycles. The summed E-state index contributed by atoms with van der Waals surface area (Å²) in [6.07, 6.45) is 3.39. The van der Waals surface area contributed by atoms with E-state index in [-0.39, 0.29) is 18.3 Å². The van der Waals surface area contributed by atoms with E-state index in [0.717, 1.165) is 10.0 Å². The fraction of sp³-hybridized carbons (Fsp3) is 0.0455. The molecule has 0 aliphatic heterocycles. The van der Waals surface area contributed by atoms with Crippen LogP contribution in [0.3, 0.4) is 0 Å². The van der Waals surface area contributed by atoms with Crippen molar-refractivity contribution in [1.82, 2.24) is 15.3 Å². The molecule has 2 aromatic heterocycles. The van der Waals surface area contributed by atoms with E-state index in [1.54, 1.807) is 36.7 Å². The van der Waals surface area contributed by atoms with Gasteiger partial charge in [-0.3, -0.25) is 9.78 Å². The number of halogens is 2. The van der Waals surface area contributed by atoms with Gasteiger partial charge >= 0.3 is 0 Å². The smallest absolute Gasteiger partial charge is 0.252 e. The van der Waals surface area contributed by atoms with E-state index in [4.69, 9.17) is 0 Å². The monoisotopic (exact) mass is 435 g/mol. The summed E-state index contributed by atoms with van der Waals surface area (Å²) in [7, 11) is 0. The molecule has 0 aliphatic carbocycles. The summed E-state index contributed by atoms with van der Waals surface area (Å²) >= 11 is 3.45. The van der Waals surface area contributed by atoms with Crippen LogP contribution in [0, 0.1) is 5.82 Å². The number of aromatic nitrogens is 2. The molecule has 138 valence electrons. The van der Waals surface area contributed by atoms with Crippen LogP contribution in [0.4, 0.5) is 4.39 Å². The predicted octanol–water partition coefficient (Wildman–Crippen LogP) is 5.13. The molecule has 4 rings (SSSR count). The van der Waals surface area contributed by atoms with Gasteiger partial charge in [0.05, 0.1) is 16.8 Å². The number of benzene rings is 2. The number of pyridine rings is 2. The van der Waals surface area contributed by atoms with Gasteiger partial charge in [0, 0.05) is 39.9 Å². The molecule has 6 heteroatoms. The fourth-order valence-electron chi connectivity index (χ4n) is 2.96. The van der Waals surface area contributed by atoms with Crippen molar-refractivity contribution in [3.63, 3.8) is 0 Å². The molecule has 0 spiro atoms. The summed E-state index contributed by atoms with van der Waals surface area (Å²) in [5.74, 6) is -0.639. The molecule has 0 radical (unpaired) electrons. The summed E-state index contributed by atoms with van der Waals surface area (Å²) in [5.41, 5.74) is 3.07. The number of hydrogen-bond donors (Lipinski definition) is 1. The summed E-state index contributed by atoms with van der Waals surface area (Å²) in [4.78, 5) is 21.7. The van der Waals surface area contributed by atoms with Gasteiger partial charge in [-0.1, -0.05) is 34.1 Å². The van der Waals surface area contributed by atoms with Gasteiger partial charge in [0.1, 0.15) is 5.82 Å². The standard InChI is InChI=1S/C22H15BrFN3O/c23-16-7-8-20-17(10-16)18(11-21(27-20)15-5-3-9-25-12-15)22(28)26-13-14-4-1-2-6-19(14)24/h1-12H,13H2,(H,26,28). The lowest BCUT2D eigenvalue weighted by Gasteiger charge is -2.11. The van der Waals surface area contributed by atoms with Crippen molar-refractivity contribution in [2.24, 2.45) is 0 Å². The van der Waals surface area contributed by atoms with E-state index in [2.05, 4.69) is 31.2 Å². The highest BCUT2D eigenvalue weighted by Crippen LogP contribution is 2.27. The van der Waals surface area contributed by atoms with Crippen LogP contribution in [0.2, 0.25) is 0 Å². The first kappa shape index (κ1) is 18.3. The number of amides is 1. The molecule has 0 fully saturated rings. The Kier molecular flexibility index (Phi) is 5.12. The van der Waals surface area contributed by atoms with Crippen LogP contribution in [0.5, 0.6) is 0 Å². The minimum absolute atomic E-state index is 0.103. The Hall–Kier alpha value is -3.12. The molecule has 1 amide bonds. The van der Waals surface area contributed by atoms with Gasteiger partial charge in [0.15, 0.2) is 0 Å². The maximum atomic E-state index is 13.9. The fourth-order valence-corrected chi connectivity index (χ4v) is 3.32. The van der Waals surface area contributed by atoms with Gasteiger partial charge < -0.3 is 5.32 Å². The number of nitrogens with one attached hydrogen (secondary N) is 1. The van der Waals surface area contributed by atoms with Crippen LogP contribution in [0.15, 0.2) is 77.5 Å². The molecular weight excluding hydrogens is 421 g/mol. The highest BCUT2D eigenvalue weighted by atomic mass is 79.9. The van der Waals surface area contributed by atoms with E-state index in [0.29, 0.717) is 27.7 Å². The topological polar surface area (TPSA) is 54.9 Å². The van der Waals surface area contributed by atoms with Crippen molar-refractivity contribution >= 4 is 32.7 Å². The molecule has 4 nitrogen and oxygen atoms in total. The zero-order valence-corrected chi connectivity index (χ0v) is 16.3. The molecule has 1 N–H and O–H groups in total. The predicted molar refractivity (Wildman–Crippen MR) is 110 cm³/mol. The van der Waals surface area contributed by atoms with Crippen LogP contribution in [0.1, 0.15) is 15.9 Å². The number of nitrogens with zero attached hydrogens (tertiary/aromatic N) is 2. The van der Waals surface area contributed by atoms with Crippen molar-refractivity contribution in [1.29, 1.82) is 0 Å². The third-order valence-corrected chi connectivity index (χ3v) is 4.86. The Morgan fingerprint density at radius 3 is 2.71 bits per heavy atom. The third kappa shape index (κ3) is 3.77. The number of fused-ring (bicyclic) bond motifs is 1. The van der Waals surface area contributed by atoms with Gasteiger partial charge in [-0.2, -0.15) is 0 Å². The molecule has 0 atom stereocenters. The zero-order valence-electron chi connectivity index (χ0n) is 14.7. The Labute approximate surface area is 169 Å². The SMILES string of the molecule is O=C(NCc1ccccc1F)c1cc(-c2cccnc2)nc2ccc(Br)cc12. The highest BCUT2D eigenvalue weighted by Gasteiger charge is 2.15. The third-order valence-electron chi connectivity index (χ3n) is 4.37. The van der Waals surface area contributed by atoms with E-state index in [1.807, 2.05) is 30.3 Å². The van der Waals surface area contributed by atoms with Crippen LogP contribution < -0.4 is 5.32 Å². The first-order valence-electron chi connectivity index (χ1n) is 8.64. The maximum Gasteiger partial charge on any atom is 0.252 e. The number of hydrogen-bond acceptors (Lipinski definition) is 3. The summed E-state index contributed by atoms with van der Waals surface area (Å²) in [5, 5.41) is 3.52. The van der Waals surface area contributed by atoms with E-state index < -0.39 is 0 Å². The van der Waals surface area contributed by atoms with Gasteiger partial charge in [-0.05, 0) is 42.5 Å². The van der Waals surface area contributed by atoms with Gasteiger partial charge in [0.25, 0.3) is 5.91 Å². The van der Waals surface area contributed by atoms with Gasteiger partial charge in [0.2, 0.25) is 0 Å². The summed E-state index contributed by atoms with van der Waals surface area (Å²) in [6.45, 7) is 0.103. The van der Waals surface area contributed by atoms with Crippen LogP contribution >= 0.6 is 15.9 Å². The highest BCUT2D eigenvalue weighted by molar-refractivity contribution is 9.10. The first-order chi connectivity index (χ1) is 13.6. The molecular formula is C22H15BrFN3O.